The van der Waals surface area contributed by atoms with Crippen LogP contribution < -0.4 is 5.32 Å². The molecule has 5 nitrogen and oxygen atoms in total. The summed E-state index contributed by atoms with van der Waals surface area (Å²) in [4.78, 5) is 14.3. The van der Waals surface area contributed by atoms with Crippen LogP contribution in [0.2, 0.25) is 0 Å². The van der Waals surface area contributed by atoms with Crippen molar-refractivity contribution in [2.45, 2.75) is 31.8 Å². The topological polar surface area (TPSA) is 65.7 Å². The summed E-state index contributed by atoms with van der Waals surface area (Å²) in [6.45, 7) is 2.36. The van der Waals surface area contributed by atoms with E-state index in [9.17, 15) is 9.90 Å². The molecule has 1 saturated heterocycles. The van der Waals surface area contributed by atoms with Crippen molar-refractivity contribution in [1.29, 1.82) is 0 Å². The first-order valence-electron chi connectivity index (χ1n) is 7.53. The van der Waals surface area contributed by atoms with Crippen molar-refractivity contribution in [3.8, 4) is 0 Å². The molecule has 1 saturated carbocycles. The number of aliphatic hydroxyl groups excluding tert-OH is 1. The number of likely N-dealkylation sites (tertiary alicyclic amines) is 1. The first-order chi connectivity index (χ1) is 10.2. The van der Waals surface area contributed by atoms with E-state index >= 15 is 0 Å². The van der Waals surface area contributed by atoms with Gasteiger partial charge in [-0.1, -0.05) is 6.42 Å². The molecule has 1 amide bonds. The lowest BCUT2D eigenvalue weighted by Crippen LogP contribution is -2.45. The van der Waals surface area contributed by atoms with Gasteiger partial charge in [-0.05, 0) is 40.9 Å². The maximum absolute atomic E-state index is 12.1. The standard InChI is InChI=1S/C15H21BrN2O3/c16-14-5-4-12(21-14)7-18-6-11(9-19)13(8-18)17-15(20)10-2-1-3-10/h4-5,10-11,13,19H,1-3,6-9H2,(H,17,20)/t11-,13+/m0/s1. The highest BCUT2D eigenvalue weighted by atomic mass is 79.9. The monoisotopic (exact) mass is 356 g/mol. The Balaban J connectivity index is 1.55. The molecule has 0 unspecified atom stereocenters. The zero-order chi connectivity index (χ0) is 14.8. The van der Waals surface area contributed by atoms with Gasteiger partial charge in [0.25, 0.3) is 0 Å². The molecule has 1 aromatic heterocycles. The summed E-state index contributed by atoms with van der Waals surface area (Å²) < 4.78 is 6.25. The molecule has 1 aliphatic carbocycles. The molecule has 21 heavy (non-hydrogen) atoms. The molecule has 1 aliphatic heterocycles. The van der Waals surface area contributed by atoms with Crippen molar-refractivity contribution in [3.05, 3.63) is 22.6 Å². The molecule has 2 atom stereocenters. The lowest BCUT2D eigenvalue weighted by molar-refractivity contribution is -0.128. The first kappa shape index (κ1) is 15.1. The zero-order valence-electron chi connectivity index (χ0n) is 11.9. The highest BCUT2D eigenvalue weighted by Gasteiger charge is 2.35. The SMILES string of the molecule is O=C(N[C@@H]1CN(Cc2ccc(Br)o2)C[C@H]1CO)C1CCC1. The van der Waals surface area contributed by atoms with Crippen LogP contribution >= 0.6 is 15.9 Å². The quantitative estimate of drug-likeness (QED) is 0.843. The number of rotatable bonds is 5. The molecule has 0 radical (unpaired) electrons. The summed E-state index contributed by atoms with van der Waals surface area (Å²) in [6, 6.07) is 3.87. The Morgan fingerprint density at radius 2 is 2.24 bits per heavy atom. The third-order valence-corrected chi connectivity index (χ3v) is 4.99. The number of furan rings is 1. The number of halogens is 1. The smallest absolute Gasteiger partial charge is 0.223 e. The van der Waals surface area contributed by atoms with Gasteiger partial charge in [-0.2, -0.15) is 0 Å². The predicted octanol–water partition coefficient (Wildman–Crippen LogP) is 1.75. The molecule has 1 aromatic rings. The van der Waals surface area contributed by atoms with E-state index in [1.807, 2.05) is 12.1 Å². The molecule has 2 aliphatic rings. The summed E-state index contributed by atoms with van der Waals surface area (Å²) in [7, 11) is 0. The van der Waals surface area contributed by atoms with E-state index in [2.05, 4.69) is 26.1 Å². The van der Waals surface area contributed by atoms with Gasteiger partial charge < -0.3 is 14.8 Å². The van der Waals surface area contributed by atoms with Crippen LogP contribution in [0.25, 0.3) is 0 Å². The van der Waals surface area contributed by atoms with Crippen LogP contribution in [0.4, 0.5) is 0 Å². The summed E-state index contributed by atoms with van der Waals surface area (Å²) >= 11 is 3.30. The fraction of sp³-hybridized carbons (Fsp3) is 0.667. The summed E-state index contributed by atoms with van der Waals surface area (Å²) in [5.74, 6) is 1.35. The van der Waals surface area contributed by atoms with Crippen molar-refractivity contribution in [1.82, 2.24) is 10.2 Å². The van der Waals surface area contributed by atoms with Crippen LogP contribution in [0.1, 0.15) is 25.0 Å². The Bertz CT molecular complexity index is 501. The lowest BCUT2D eigenvalue weighted by Gasteiger charge is -2.27. The Kier molecular flexibility index (Phi) is 4.66. The highest BCUT2D eigenvalue weighted by Crippen LogP contribution is 2.27. The van der Waals surface area contributed by atoms with E-state index in [0.717, 1.165) is 42.8 Å². The Labute approximate surface area is 132 Å². The minimum atomic E-state index is 0.0431. The molecular weight excluding hydrogens is 336 g/mol. The predicted molar refractivity (Wildman–Crippen MR) is 81.5 cm³/mol. The van der Waals surface area contributed by atoms with Crippen LogP contribution in [0.15, 0.2) is 21.2 Å². The number of nitrogens with zero attached hydrogens (tertiary/aromatic N) is 1. The minimum absolute atomic E-state index is 0.0431. The van der Waals surface area contributed by atoms with Gasteiger partial charge in [0.1, 0.15) is 5.76 Å². The van der Waals surface area contributed by atoms with Crippen molar-refractivity contribution in [2.24, 2.45) is 11.8 Å². The van der Waals surface area contributed by atoms with E-state index in [1.165, 1.54) is 0 Å². The van der Waals surface area contributed by atoms with Crippen LogP contribution in [-0.4, -0.2) is 41.7 Å². The minimum Gasteiger partial charge on any atom is -0.453 e. The molecule has 3 rings (SSSR count). The van der Waals surface area contributed by atoms with Crippen LogP contribution in [-0.2, 0) is 11.3 Å². The van der Waals surface area contributed by atoms with Gasteiger partial charge in [-0.25, -0.2) is 0 Å². The fourth-order valence-electron chi connectivity index (χ4n) is 3.07. The van der Waals surface area contributed by atoms with Crippen molar-refractivity contribution in [3.63, 3.8) is 0 Å². The van der Waals surface area contributed by atoms with Gasteiger partial charge in [0.15, 0.2) is 4.67 Å². The van der Waals surface area contributed by atoms with E-state index < -0.39 is 0 Å². The molecule has 0 aromatic carbocycles. The van der Waals surface area contributed by atoms with Crippen LogP contribution in [0, 0.1) is 11.8 Å². The van der Waals surface area contributed by atoms with Gasteiger partial charge >= 0.3 is 0 Å². The summed E-state index contributed by atoms with van der Waals surface area (Å²) in [5, 5.41) is 12.7. The average Bonchev–Trinajstić information content (AvgIpc) is 2.94. The second kappa shape index (κ2) is 6.50. The number of hydrogen-bond acceptors (Lipinski definition) is 4. The molecule has 0 bridgehead atoms. The van der Waals surface area contributed by atoms with E-state index in [4.69, 9.17) is 4.42 Å². The maximum Gasteiger partial charge on any atom is 0.223 e. The summed E-state index contributed by atoms with van der Waals surface area (Å²) in [5.41, 5.74) is 0. The largest absolute Gasteiger partial charge is 0.453 e. The average molecular weight is 357 g/mol. The van der Waals surface area contributed by atoms with E-state index in [1.54, 1.807) is 0 Å². The zero-order valence-corrected chi connectivity index (χ0v) is 13.5. The Hall–Kier alpha value is -0.850. The number of carbonyl (C=O) groups is 1. The highest BCUT2D eigenvalue weighted by molar-refractivity contribution is 9.10. The third-order valence-electron chi connectivity index (χ3n) is 4.56. The number of aliphatic hydroxyl groups is 1. The Morgan fingerprint density at radius 1 is 1.43 bits per heavy atom. The molecule has 6 heteroatoms. The van der Waals surface area contributed by atoms with E-state index in [-0.39, 0.29) is 30.4 Å². The first-order valence-corrected chi connectivity index (χ1v) is 8.33. The van der Waals surface area contributed by atoms with Gasteiger partial charge in [0.2, 0.25) is 5.91 Å². The second-order valence-corrected chi connectivity index (χ2v) is 6.87. The Morgan fingerprint density at radius 3 is 2.81 bits per heavy atom. The third kappa shape index (κ3) is 3.49. The van der Waals surface area contributed by atoms with Crippen molar-refractivity contribution in [2.75, 3.05) is 19.7 Å². The molecule has 116 valence electrons. The van der Waals surface area contributed by atoms with Crippen molar-refractivity contribution >= 4 is 21.8 Å². The molecule has 0 spiro atoms. The normalized spacial score (nSPS) is 26.8. The molecule has 2 fully saturated rings. The molecule has 2 heterocycles. The number of amides is 1. The number of carbonyl (C=O) groups excluding carboxylic acids is 1. The molecular formula is C15H21BrN2O3. The molecule has 2 N–H and O–H groups in total. The van der Waals surface area contributed by atoms with Gasteiger partial charge in [0, 0.05) is 37.6 Å². The van der Waals surface area contributed by atoms with Crippen LogP contribution in [0.5, 0.6) is 0 Å². The second-order valence-electron chi connectivity index (χ2n) is 6.09. The number of nitrogens with one attached hydrogen (secondary N) is 1. The van der Waals surface area contributed by atoms with Gasteiger partial charge in [-0.15, -0.1) is 0 Å². The van der Waals surface area contributed by atoms with Crippen LogP contribution in [0.3, 0.4) is 0 Å². The van der Waals surface area contributed by atoms with Gasteiger partial charge in [0.05, 0.1) is 6.54 Å². The summed E-state index contributed by atoms with van der Waals surface area (Å²) in [6.07, 6.45) is 3.17. The van der Waals surface area contributed by atoms with Gasteiger partial charge in [-0.3, -0.25) is 9.69 Å². The lowest BCUT2D eigenvalue weighted by atomic mass is 9.84. The number of hydrogen-bond donors (Lipinski definition) is 2. The fourth-order valence-corrected chi connectivity index (χ4v) is 3.41. The van der Waals surface area contributed by atoms with E-state index in [0.29, 0.717) is 6.54 Å². The maximum atomic E-state index is 12.1. The van der Waals surface area contributed by atoms with Crippen molar-refractivity contribution < 1.29 is 14.3 Å².